The summed E-state index contributed by atoms with van der Waals surface area (Å²) in [6.07, 6.45) is 6.44. The highest BCUT2D eigenvalue weighted by molar-refractivity contribution is 6.09. The molecule has 1 N–H and O–H groups in total. The van der Waals surface area contributed by atoms with Crippen LogP contribution in [0.25, 0.3) is 0 Å². The van der Waals surface area contributed by atoms with E-state index in [0.29, 0.717) is 25.9 Å². The summed E-state index contributed by atoms with van der Waals surface area (Å²) in [5.74, 6) is -0.472. The zero-order chi connectivity index (χ0) is 18.0. The van der Waals surface area contributed by atoms with E-state index in [1.54, 1.807) is 11.1 Å². The van der Waals surface area contributed by atoms with Crippen LogP contribution in [-0.2, 0) is 16.1 Å². The Morgan fingerprint density at radius 3 is 2.72 bits per heavy atom. The lowest BCUT2D eigenvalue weighted by Crippen LogP contribution is -2.48. The van der Waals surface area contributed by atoms with Gasteiger partial charge in [-0.05, 0) is 31.7 Å². The van der Waals surface area contributed by atoms with E-state index in [0.717, 1.165) is 17.7 Å². The minimum Gasteiger partial charge on any atom is -0.336 e. The van der Waals surface area contributed by atoms with Crippen LogP contribution in [0.5, 0.6) is 0 Å². The number of urea groups is 1. The van der Waals surface area contributed by atoms with Crippen LogP contribution in [-0.4, -0.2) is 62.1 Å². The highest BCUT2D eigenvalue weighted by Crippen LogP contribution is 2.26. The van der Waals surface area contributed by atoms with Gasteiger partial charge in [0.05, 0.1) is 12.6 Å². The molecular formula is C17H25N5O3. The summed E-state index contributed by atoms with van der Waals surface area (Å²) in [6, 6.07) is 1.43. The van der Waals surface area contributed by atoms with E-state index in [4.69, 9.17) is 0 Å². The first-order valence-electron chi connectivity index (χ1n) is 8.91. The lowest BCUT2D eigenvalue weighted by Gasteiger charge is -2.27. The summed E-state index contributed by atoms with van der Waals surface area (Å²) < 4.78 is 1.81. The van der Waals surface area contributed by atoms with Crippen LogP contribution in [0.15, 0.2) is 18.5 Å². The molecule has 2 fully saturated rings. The topological polar surface area (TPSA) is 87.5 Å². The molecule has 2 aliphatic rings. The fraction of sp³-hybridized carbons (Fsp3) is 0.647. The summed E-state index contributed by atoms with van der Waals surface area (Å²) >= 11 is 0. The van der Waals surface area contributed by atoms with Gasteiger partial charge in [0.2, 0.25) is 5.91 Å². The summed E-state index contributed by atoms with van der Waals surface area (Å²) in [5, 5.41) is 6.95. The van der Waals surface area contributed by atoms with Gasteiger partial charge in [-0.15, -0.1) is 0 Å². The second-order valence-corrected chi connectivity index (χ2v) is 6.72. The molecule has 1 atom stereocenters. The minimum absolute atomic E-state index is 0.0512. The number of aromatic nitrogens is 2. The van der Waals surface area contributed by atoms with Crippen molar-refractivity contribution >= 4 is 17.8 Å². The predicted octanol–water partition coefficient (Wildman–Crippen LogP) is 0.985. The van der Waals surface area contributed by atoms with Crippen LogP contribution in [0, 0.1) is 0 Å². The molecule has 0 saturated carbocycles. The molecule has 0 spiro atoms. The average Bonchev–Trinajstić information content (AvgIpc) is 3.32. The molecule has 0 bridgehead atoms. The Hall–Kier alpha value is -2.38. The number of nitrogens with zero attached hydrogens (tertiary/aromatic N) is 4. The van der Waals surface area contributed by atoms with Crippen molar-refractivity contribution < 1.29 is 14.4 Å². The smallest absolute Gasteiger partial charge is 0.325 e. The Morgan fingerprint density at radius 2 is 2.12 bits per heavy atom. The first-order chi connectivity index (χ1) is 12.0. The van der Waals surface area contributed by atoms with E-state index in [9.17, 15) is 14.4 Å². The summed E-state index contributed by atoms with van der Waals surface area (Å²) in [7, 11) is 0. The second-order valence-electron chi connectivity index (χ2n) is 6.72. The van der Waals surface area contributed by atoms with E-state index in [-0.39, 0.29) is 24.4 Å². The predicted molar refractivity (Wildman–Crippen MR) is 90.5 cm³/mol. The van der Waals surface area contributed by atoms with Gasteiger partial charge in [-0.3, -0.25) is 19.2 Å². The number of carbonyl (C=O) groups is 3. The number of nitrogens with one attached hydrogen (secondary N) is 1. The van der Waals surface area contributed by atoms with Gasteiger partial charge in [-0.1, -0.05) is 13.8 Å². The molecule has 0 aromatic carbocycles. The Bertz CT molecular complexity index is 653. The highest BCUT2D eigenvalue weighted by atomic mass is 16.2. The molecule has 1 unspecified atom stereocenters. The van der Waals surface area contributed by atoms with Crippen LogP contribution in [0.3, 0.4) is 0 Å². The SMILES string of the molecule is CCC1(CC)NC(=O)N(CC(=O)N2CCCC2Cn2cccn2)C1=O. The monoisotopic (exact) mass is 347 g/mol. The third-order valence-corrected chi connectivity index (χ3v) is 5.40. The first kappa shape index (κ1) is 17.4. The molecule has 0 radical (unpaired) electrons. The quantitative estimate of drug-likeness (QED) is 0.777. The largest absolute Gasteiger partial charge is 0.336 e. The Balaban J connectivity index is 1.67. The van der Waals surface area contributed by atoms with Gasteiger partial charge in [-0.25, -0.2) is 4.79 Å². The van der Waals surface area contributed by atoms with Gasteiger partial charge >= 0.3 is 6.03 Å². The van der Waals surface area contributed by atoms with Crippen LogP contribution < -0.4 is 5.32 Å². The second kappa shape index (κ2) is 6.85. The molecule has 0 aliphatic carbocycles. The molecular weight excluding hydrogens is 322 g/mol. The number of carbonyl (C=O) groups excluding carboxylic acids is 3. The van der Waals surface area contributed by atoms with E-state index in [1.807, 2.05) is 30.8 Å². The van der Waals surface area contributed by atoms with Crippen LogP contribution in [0.2, 0.25) is 0 Å². The molecule has 8 nitrogen and oxygen atoms in total. The number of rotatable bonds is 6. The van der Waals surface area contributed by atoms with Crippen molar-refractivity contribution in [2.45, 2.75) is 57.7 Å². The van der Waals surface area contributed by atoms with E-state index in [1.165, 1.54) is 0 Å². The van der Waals surface area contributed by atoms with Crippen LogP contribution >= 0.6 is 0 Å². The third-order valence-electron chi connectivity index (χ3n) is 5.40. The van der Waals surface area contributed by atoms with Crippen molar-refractivity contribution in [2.24, 2.45) is 0 Å². The Morgan fingerprint density at radius 1 is 1.36 bits per heavy atom. The zero-order valence-corrected chi connectivity index (χ0v) is 14.8. The van der Waals surface area contributed by atoms with Crippen LogP contribution in [0.1, 0.15) is 39.5 Å². The molecule has 136 valence electrons. The molecule has 4 amide bonds. The maximum absolute atomic E-state index is 12.7. The van der Waals surface area contributed by atoms with E-state index < -0.39 is 11.6 Å². The van der Waals surface area contributed by atoms with Gasteiger partial charge in [0.1, 0.15) is 12.1 Å². The Kier molecular flexibility index (Phi) is 4.78. The molecule has 2 saturated heterocycles. The van der Waals surface area contributed by atoms with Crippen LogP contribution in [0.4, 0.5) is 4.79 Å². The molecule has 8 heteroatoms. The minimum atomic E-state index is -0.864. The molecule has 25 heavy (non-hydrogen) atoms. The lowest BCUT2D eigenvalue weighted by molar-refractivity contribution is -0.139. The van der Waals surface area contributed by atoms with Crippen molar-refractivity contribution in [3.05, 3.63) is 18.5 Å². The van der Waals surface area contributed by atoms with Gasteiger partial charge in [-0.2, -0.15) is 5.10 Å². The maximum Gasteiger partial charge on any atom is 0.325 e. The number of hydrogen-bond donors (Lipinski definition) is 1. The standard InChI is InChI=1S/C17H25N5O3/c1-3-17(4-2)15(24)22(16(25)19-17)12-14(23)21-10-5-7-13(21)11-20-9-6-8-18-20/h6,8-9,13H,3-5,7,10-12H2,1-2H3,(H,19,25). The normalized spacial score (nSPS) is 22.6. The lowest BCUT2D eigenvalue weighted by atomic mass is 9.93. The summed E-state index contributed by atoms with van der Waals surface area (Å²) in [4.78, 5) is 40.4. The van der Waals surface area contributed by atoms with E-state index >= 15 is 0 Å². The number of hydrogen-bond acceptors (Lipinski definition) is 4. The number of imide groups is 1. The molecule has 2 aliphatic heterocycles. The van der Waals surface area contributed by atoms with E-state index in [2.05, 4.69) is 10.4 Å². The number of likely N-dealkylation sites (tertiary alicyclic amines) is 1. The molecule has 3 rings (SSSR count). The van der Waals surface area contributed by atoms with Crippen molar-refractivity contribution in [3.63, 3.8) is 0 Å². The van der Waals surface area contributed by atoms with Gasteiger partial charge < -0.3 is 10.2 Å². The molecule has 3 heterocycles. The fourth-order valence-corrected chi connectivity index (χ4v) is 3.75. The van der Waals surface area contributed by atoms with Gasteiger partial charge in [0, 0.05) is 18.9 Å². The average molecular weight is 347 g/mol. The first-order valence-corrected chi connectivity index (χ1v) is 8.91. The van der Waals surface area contributed by atoms with Crippen molar-refractivity contribution in [1.82, 2.24) is 24.9 Å². The number of amides is 4. The zero-order valence-electron chi connectivity index (χ0n) is 14.8. The van der Waals surface area contributed by atoms with Crippen molar-refractivity contribution in [3.8, 4) is 0 Å². The Labute approximate surface area is 147 Å². The maximum atomic E-state index is 12.7. The van der Waals surface area contributed by atoms with Gasteiger partial charge in [0.15, 0.2) is 0 Å². The summed E-state index contributed by atoms with van der Waals surface area (Å²) in [6.45, 7) is 4.83. The fourth-order valence-electron chi connectivity index (χ4n) is 3.75. The summed E-state index contributed by atoms with van der Waals surface area (Å²) in [5.41, 5.74) is -0.864. The molecule has 1 aromatic heterocycles. The molecule has 1 aromatic rings. The highest BCUT2D eigenvalue weighted by Gasteiger charge is 2.49. The van der Waals surface area contributed by atoms with Crippen molar-refractivity contribution in [1.29, 1.82) is 0 Å². The third kappa shape index (κ3) is 3.12. The van der Waals surface area contributed by atoms with Gasteiger partial charge in [0.25, 0.3) is 5.91 Å². The van der Waals surface area contributed by atoms with Crippen molar-refractivity contribution in [2.75, 3.05) is 13.1 Å².